The zero-order chi connectivity index (χ0) is 10.1. The van der Waals surface area contributed by atoms with E-state index in [1.54, 1.807) is 18.2 Å². The third-order valence-electron chi connectivity index (χ3n) is 1.81. The number of hydrogen-bond donors (Lipinski definition) is 0. The Morgan fingerprint density at radius 3 is 2.64 bits per heavy atom. The second-order valence-corrected chi connectivity index (χ2v) is 4.24. The highest BCUT2D eigenvalue weighted by molar-refractivity contribution is 6.51. The highest BCUT2D eigenvalue weighted by Gasteiger charge is 2.29. The highest BCUT2D eigenvalue weighted by atomic mass is 28.3. The summed E-state index contributed by atoms with van der Waals surface area (Å²) in [5, 5.41) is 0.824. The fourth-order valence-corrected chi connectivity index (χ4v) is 2.03. The first kappa shape index (κ1) is 9.31. The van der Waals surface area contributed by atoms with E-state index in [2.05, 4.69) is 15.2 Å². The van der Waals surface area contributed by atoms with Crippen molar-refractivity contribution in [3.05, 3.63) is 29.3 Å². The number of carbonyl (C=O) groups excluding carboxylic acids is 2. The lowest BCUT2D eigenvalue weighted by Crippen LogP contribution is -2.17. The molecule has 6 heteroatoms. The maximum absolute atomic E-state index is 11.1. The van der Waals surface area contributed by atoms with E-state index in [9.17, 15) is 9.59 Å². The van der Waals surface area contributed by atoms with Crippen molar-refractivity contribution >= 4 is 37.4 Å². The van der Waals surface area contributed by atoms with Gasteiger partial charge >= 0.3 is 11.9 Å². The van der Waals surface area contributed by atoms with Gasteiger partial charge in [0.05, 0.1) is 11.1 Å². The van der Waals surface area contributed by atoms with Crippen LogP contribution in [0.25, 0.3) is 0 Å². The van der Waals surface area contributed by atoms with Gasteiger partial charge in [-0.2, -0.15) is 0 Å². The van der Waals surface area contributed by atoms with Gasteiger partial charge in [-0.3, -0.25) is 0 Å². The van der Waals surface area contributed by atoms with E-state index in [-0.39, 0.29) is 9.76 Å². The predicted octanol–water partition coefficient (Wildman–Crippen LogP) is -0.658. The minimum Gasteiger partial charge on any atom is -0.454 e. The standard InChI is InChI=1S/C8H3O4Si2/c9-7-5-2-1-4(14-12-13)3-6(5)8(10)11-7/h1-3H. The first-order valence-electron chi connectivity index (χ1n) is 3.71. The summed E-state index contributed by atoms with van der Waals surface area (Å²) in [7, 11) is 2.96. The number of fused-ring (bicyclic) bond motifs is 1. The van der Waals surface area contributed by atoms with Crippen molar-refractivity contribution in [1.29, 1.82) is 0 Å². The number of hydrogen-bond acceptors (Lipinski definition) is 4. The molecule has 1 aromatic rings. The molecule has 4 nitrogen and oxygen atoms in total. The summed E-state index contributed by atoms with van der Waals surface area (Å²) in [5.41, 5.74) is 0.626. The van der Waals surface area contributed by atoms with Gasteiger partial charge < -0.3 is 8.85 Å². The van der Waals surface area contributed by atoms with Crippen molar-refractivity contribution in [2.75, 3.05) is 0 Å². The zero-order valence-electron chi connectivity index (χ0n) is 6.87. The van der Waals surface area contributed by atoms with Crippen LogP contribution >= 0.6 is 0 Å². The van der Waals surface area contributed by atoms with Crippen LogP contribution in [0.2, 0.25) is 0 Å². The van der Waals surface area contributed by atoms with Gasteiger partial charge in [-0.1, -0.05) is 6.07 Å². The molecular weight excluding hydrogens is 216 g/mol. The van der Waals surface area contributed by atoms with E-state index in [0.717, 1.165) is 5.19 Å². The van der Waals surface area contributed by atoms with Crippen molar-refractivity contribution in [3.8, 4) is 0 Å². The molecule has 1 aliphatic heterocycles. The van der Waals surface area contributed by atoms with Crippen LogP contribution in [0.1, 0.15) is 20.7 Å². The third kappa shape index (κ3) is 1.43. The summed E-state index contributed by atoms with van der Waals surface area (Å²) in [6.07, 6.45) is 0. The van der Waals surface area contributed by atoms with Gasteiger partial charge in [0.1, 0.15) is 0 Å². The molecule has 0 fully saturated rings. The zero-order valence-corrected chi connectivity index (χ0v) is 8.87. The maximum Gasteiger partial charge on any atom is 0.346 e. The van der Waals surface area contributed by atoms with Crippen LogP contribution in [-0.2, 0) is 8.85 Å². The average molecular weight is 219 g/mol. The van der Waals surface area contributed by atoms with Gasteiger partial charge in [-0.15, -0.1) is 0 Å². The van der Waals surface area contributed by atoms with Crippen molar-refractivity contribution in [1.82, 2.24) is 0 Å². The largest absolute Gasteiger partial charge is 0.454 e. The normalized spacial score (nSPS) is 14.1. The van der Waals surface area contributed by atoms with Crippen molar-refractivity contribution in [2.24, 2.45) is 0 Å². The molecule has 1 aromatic carbocycles. The van der Waals surface area contributed by atoms with E-state index >= 15 is 0 Å². The average Bonchev–Trinajstić information content (AvgIpc) is 2.43. The van der Waals surface area contributed by atoms with Crippen molar-refractivity contribution in [2.45, 2.75) is 0 Å². The topological polar surface area (TPSA) is 52.6 Å². The van der Waals surface area contributed by atoms with Gasteiger partial charge in [0.2, 0.25) is 10.5 Å². The summed E-state index contributed by atoms with van der Waals surface area (Å²) in [5.74, 6) is -1.18. The molecule has 0 atom stereocenters. The summed E-state index contributed by atoms with van der Waals surface area (Å²) in [4.78, 5) is 22.2. The number of benzene rings is 1. The lowest BCUT2D eigenvalue weighted by molar-refractivity contribution is 0.0444. The van der Waals surface area contributed by atoms with Crippen LogP contribution in [-0.4, -0.2) is 32.2 Å². The fourth-order valence-electron chi connectivity index (χ4n) is 1.21. The summed E-state index contributed by atoms with van der Waals surface area (Å²) < 4.78 is 9.18. The monoisotopic (exact) mass is 219 g/mol. The van der Waals surface area contributed by atoms with Crippen LogP contribution in [0.15, 0.2) is 18.2 Å². The van der Waals surface area contributed by atoms with E-state index in [4.69, 9.17) is 4.12 Å². The Hall–Kier alpha value is -1.25. The first-order chi connectivity index (χ1) is 6.72. The Morgan fingerprint density at radius 1 is 1.21 bits per heavy atom. The molecular formula is C8H3O4Si2. The van der Waals surface area contributed by atoms with Gasteiger partial charge in [-0.05, 0) is 17.3 Å². The van der Waals surface area contributed by atoms with E-state index in [0.29, 0.717) is 11.1 Å². The second kappa shape index (κ2) is 3.48. The predicted molar refractivity (Wildman–Crippen MR) is 48.4 cm³/mol. The molecule has 1 aliphatic rings. The first-order valence-corrected chi connectivity index (χ1v) is 5.03. The number of cyclic esters (lactones) is 2. The number of carbonyl (C=O) groups is 2. The van der Waals surface area contributed by atoms with Crippen LogP contribution in [0.4, 0.5) is 0 Å². The van der Waals surface area contributed by atoms with Gasteiger partial charge in [0.25, 0.3) is 9.76 Å². The summed E-state index contributed by atoms with van der Waals surface area (Å²) >= 11 is 0. The Labute approximate surface area is 85.7 Å². The third-order valence-corrected chi connectivity index (χ3v) is 2.77. The van der Waals surface area contributed by atoms with E-state index < -0.39 is 11.9 Å². The van der Waals surface area contributed by atoms with Crippen LogP contribution in [0, 0.1) is 0 Å². The van der Waals surface area contributed by atoms with Crippen LogP contribution in [0.5, 0.6) is 0 Å². The molecule has 0 aliphatic carbocycles. The molecule has 0 bridgehead atoms. The molecule has 14 heavy (non-hydrogen) atoms. The number of esters is 2. The van der Waals surface area contributed by atoms with E-state index in [1.807, 2.05) is 0 Å². The molecule has 2 rings (SSSR count). The second-order valence-electron chi connectivity index (χ2n) is 2.64. The van der Waals surface area contributed by atoms with Gasteiger partial charge in [0, 0.05) is 0 Å². The van der Waals surface area contributed by atoms with Crippen LogP contribution < -0.4 is 5.19 Å². The van der Waals surface area contributed by atoms with E-state index in [1.165, 1.54) is 0 Å². The Morgan fingerprint density at radius 2 is 1.93 bits per heavy atom. The number of rotatable bonds is 2. The lowest BCUT2D eigenvalue weighted by Gasteiger charge is -1.97. The Balaban J connectivity index is 2.44. The molecule has 0 saturated carbocycles. The minimum atomic E-state index is -0.592. The molecule has 67 valence electrons. The van der Waals surface area contributed by atoms with Gasteiger partial charge in [-0.25, -0.2) is 9.59 Å². The molecule has 0 aromatic heterocycles. The highest BCUT2D eigenvalue weighted by Crippen LogP contribution is 2.17. The molecule has 0 N–H and O–H groups in total. The summed E-state index contributed by atoms with van der Waals surface area (Å²) in [6, 6.07) is 4.88. The fraction of sp³-hybridized carbons (Fsp3) is 0. The van der Waals surface area contributed by atoms with Crippen LogP contribution in [0.3, 0.4) is 0 Å². The van der Waals surface area contributed by atoms with Crippen molar-refractivity contribution < 1.29 is 18.4 Å². The maximum atomic E-state index is 11.1. The Kier molecular flexibility index (Phi) is 2.32. The minimum absolute atomic E-state index is 0.0870. The molecule has 5 radical (unpaired) electrons. The molecule has 0 spiro atoms. The lowest BCUT2D eigenvalue weighted by atomic mass is 10.1. The van der Waals surface area contributed by atoms with Crippen molar-refractivity contribution in [3.63, 3.8) is 0 Å². The molecule has 0 saturated heterocycles. The molecule has 1 heterocycles. The molecule has 0 amide bonds. The quantitative estimate of drug-likeness (QED) is 0.376. The molecule has 0 unspecified atom stereocenters. The number of ether oxygens (including phenoxy) is 1. The van der Waals surface area contributed by atoms with Gasteiger partial charge in [0.15, 0.2) is 0 Å². The Bertz CT molecular complexity index is 416. The SMILES string of the molecule is O=C1OC(=O)c2cc([Si]O[Si])ccc21. The smallest absolute Gasteiger partial charge is 0.346 e. The summed E-state index contributed by atoms with van der Waals surface area (Å²) in [6.45, 7) is 0.